The highest BCUT2D eigenvalue weighted by Gasteiger charge is 2.17. The SMILES string of the molecule is OC(c1cc(F)ccc1Cl)c1ccc(F)cc1I. The number of aliphatic hydroxyl groups excluding tert-OH is 1. The van der Waals surface area contributed by atoms with Crippen LogP contribution >= 0.6 is 34.2 Å². The predicted molar refractivity (Wildman–Crippen MR) is 74.6 cm³/mol. The fraction of sp³-hybridized carbons (Fsp3) is 0.0769. The molecule has 0 aliphatic rings. The molecule has 1 atom stereocenters. The van der Waals surface area contributed by atoms with Crippen molar-refractivity contribution in [3.63, 3.8) is 0 Å². The fourth-order valence-corrected chi connectivity index (χ4v) is 2.61. The van der Waals surface area contributed by atoms with Crippen LogP contribution in [0.2, 0.25) is 5.02 Å². The van der Waals surface area contributed by atoms with Crippen LogP contribution in [0.1, 0.15) is 17.2 Å². The monoisotopic (exact) mass is 380 g/mol. The van der Waals surface area contributed by atoms with Gasteiger partial charge in [0.05, 0.1) is 0 Å². The van der Waals surface area contributed by atoms with Gasteiger partial charge < -0.3 is 5.11 Å². The van der Waals surface area contributed by atoms with Crippen LogP contribution in [-0.2, 0) is 0 Å². The van der Waals surface area contributed by atoms with Gasteiger partial charge in [0.2, 0.25) is 0 Å². The summed E-state index contributed by atoms with van der Waals surface area (Å²) in [6.45, 7) is 0. The Kier molecular flexibility index (Phi) is 4.19. The first-order chi connectivity index (χ1) is 8.49. The lowest BCUT2D eigenvalue weighted by Crippen LogP contribution is -2.03. The average molecular weight is 381 g/mol. The van der Waals surface area contributed by atoms with Crippen molar-refractivity contribution in [2.24, 2.45) is 0 Å². The van der Waals surface area contributed by atoms with E-state index in [2.05, 4.69) is 0 Å². The van der Waals surface area contributed by atoms with Gasteiger partial charge in [0.25, 0.3) is 0 Å². The van der Waals surface area contributed by atoms with E-state index in [1.807, 2.05) is 22.6 Å². The highest BCUT2D eigenvalue weighted by molar-refractivity contribution is 14.1. The van der Waals surface area contributed by atoms with Gasteiger partial charge in [-0.2, -0.15) is 0 Å². The Hall–Kier alpha value is -0.720. The molecule has 18 heavy (non-hydrogen) atoms. The Bertz CT molecular complexity index is 589. The molecule has 1 nitrogen and oxygen atoms in total. The van der Waals surface area contributed by atoms with E-state index >= 15 is 0 Å². The van der Waals surface area contributed by atoms with Crippen LogP contribution in [-0.4, -0.2) is 5.11 Å². The largest absolute Gasteiger partial charge is 0.384 e. The van der Waals surface area contributed by atoms with Crippen LogP contribution in [0.15, 0.2) is 36.4 Å². The van der Waals surface area contributed by atoms with Gasteiger partial charge in [-0.25, -0.2) is 8.78 Å². The van der Waals surface area contributed by atoms with Crippen LogP contribution in [0.5, 0.6) is 0 Å². The molecule has 0 radical (unpaired) electrons. The van der Waals surface area contributed by atoms with Crippen molar-refractivity contribution >= 4 is 34.2 Å². The maximum atomic E-state index is 13.2. The van der Waals surface area contributed by atoms with E-state index in [-0.39, 0.29) is 16.4 Å². The van der Waals surface area contributed by atoms with E-state index in [1.165, 1.54) is 36.4 Å². The molecule has 0 saturated heterocycles. The summed E-state index contributed by atoms with van der Waals surface area (Å²) in [4.78, 5) is 0. The summed E-state index contributed by atoms with van der Waals surface area (Å²) in [6.07, 6.45) is -1.08. The number of benzene rings is 2. The Morgan fingerprint density at radius 2 is 1.61 bits per heavy atom. The minimum atomic E-state index is -1.08. The molecule has 2 aromatic carbocycles. The number of halogens is 4. The van der Waals surface area contributed by atoms with E-state index in [9.17, 15) is 13.9 Å². The van der Waals surface area contributed by atoms with Gasteiger partial charge in [0.1, 0.15) is 17.7 Å². The molecule has 0 amide bonds. The summed E-state index contributed by atoms with van der Waals surface area (Å²) in [7, 11) is 0. The van der Waals surface area contributed by atoms with Gasteiger partial charge >= 0.3 is 0 Å². The summed E-state index contributed by atoms with van der Waals surface area (Å²) in [6, 6.07) is 7.77. The molecule has 1 unspecified atom stereocenters. The molecule has 0 fully saturated rings. The lowest BCUT2D eigenvalue weighted by Gasteiger charge is -2.15. The van der Waals surface area contributed by atoms with Crippen LogP contribution in [0.3, 0.4) is 0 Å². The first-order valence-electron chi connectivity index (χ1n) is 5.07. The highest BCUT2D eigenvalue weighted by atomic mass is 127. The molecule has 5 heteroatoms. The third-order valence-electron chi connectivity index (χ3n) is 2.51. The molecule has 1 N–H and O–H groups in total. The van der Waals surface area contributed by atoms with Crippen molar-refractivity contribution < 1.29 is 13.9 Å². The molecular weight excluding hydrogens is 372 g/mol. The number of hydrogen-bond acceptors (Lipinski definition) is 1. The van der Waals surface area contributed by atoms with Crippen molar-refractivity contribution in [1.29, 1.82) is 0 Å². The van der Waals surface area contributed by atoms with E-state index < -0.39 is 11.9 Å². The van der Waals surface area contributed by atoms with Crippen molar-refractivity contribution in [2.75, 3.05) is 0 Å². The van der Waals surface area contributed by atoms with Gasteiger partial charge in [-0.1, -0.05) is 17.7 Å². The van der Waals surface area contributed by atoms with Crippen molar-refractivity contribution in [3.8, 4) is 0 Å². The normalized spacial score (nSPS) is 12.5. The maximum Gasteiger partial charge on any atom is 0.124 e. The minimum absolute atomic E-state index is 0.265. The zero-order valence-corrected chi connectivity index (χ0v) is 11.9. The zero-order chi connectivity index (χ0) is 13.3. The van der Waals surface area contributed by atoms with Gasteiger partial charge in [-0.15, -0.1) is 0 Å². The Labute approximate surface area is 122 Å². The van der Waals surface area contributed by atoms with Crippen LogP contribution < -0.4 is 0 Å². The zero-order valence-electron chi connectivity index (χ0n) is 9.00. The lowest BCUT2D eigenvalue weighted by atomic mass is 10.0. The average Bonchev–Trinajstić information content (AvgIpc) is 2.31. The molecule has 2 rings (SSSR count). The standard InChI is InChI=1S/C13H8ClF2IO/c14-11-4-2-7(15)5-10(11)13(18)9-3-1-8(16)6-12(9)17/h1-6,13,18H. The third kappa shape index (κ3) is 2.81. The summed E-state index contributed by atoms with van der Waals surface area (Å²) in [5, 5.41) is 10.5. The molecular formula is C13H8ClF2IO. The number of rotatable bonds is 2. The second kappa shape index (κ2) is 5.50. The van der Waals surface area contributed by atoms with Gasteiger partial charge in [0.15, 0.2) is 0 Å². The molecule has 0 spiro atoms. The summed E-state index contributed by atoms with van der Waals surface area (Å²) >= 11 is 7.83. The molecule has 0 aromatic heterocycles. The van der Waals surface area contributed by atoms with Crippen molar-refractivity contribution in [3.05, 3.63) is 67.8 Å². The van der Waals surface area contributed by atoms with Crippen LogP contribution in [0, 0.1) is 15.2 Å². The van der Waals surface area contributed by atoms with Crippen molar-refractivity contribution in [1.82, 2.24) is 0 Å². The van der Waals surface area contributed by atoms with Gasteiger partial charge in [-0.05, 0) is 58.5 Å². The molecule has 0 aliphatic heterocycles. The van der Waals surface area contributed by atoms with Gasteiger partial charge in [-0.3, -0.25) is 0 Å². The second-order valence-corrected chi connectivity index (χ2v) is 5.30. The molecule has 2 aromatic rings. The van der Waals surface area contributed by atoms with E-state index in [0.29, 0.717) is 9.13 Å². The molecule has 0 saturated carbocycles. The minimum Gasteiger partial charge on any atom is -0.384 e. The molecule has 0 aliphatic carbocycles. The van der Waals surface area contributed by atoms with Crippen LogP contribution in [0.4, 0.5) is 8.78 Å². The van der Waals surface area contributed by atoms with Crippen LogP contribution in [0.25, 0.3) is 0 Å². The second-order valence-electron chi connectivity index (χ2n) is 3.73. The first kappa shape index (κ1) is 13.7. The first-order valence-corrected chi connectivity index (χ1v) is 6.52. The summed E-state index contributed by atoms with van der Waals surface area (Å²) < 4.78 is 26.7. The molecule has 94 valence electrons. The Morgan fingerprint density at radius 1 is 1.00 bits per heavy atom. The molecule has 0 bridgehead atoms. The number of hydrogen-bond donors (Lipinski definition) is 1. The smallest absolute Gasteiger partial charge is 0.124 e. The van der Waals surface area contributed by atoms with E-state index in [1.54, 1.807) is 0 Å². The Morgan fingerprint density at radius 3 is 2.28 bits per heavy atom. The number of aliphatic hydroxyl groups is 1. The van der Waals surface area contributed by atoms with Crippen molar-refractivity contribution in [2.45, 2.75) is 6.10 Å². The quantitative estimate of drug-likeness (QED) is 0.770. The third-order valence-corrected chi connectivity index (χ3v) is 3.79. The topological polar surface area (TPSA) is 20.2 Å². The van der Waals surface area contributed by atoms with E-state index in [0.717, 1.165) is 0 Å². The lowest BCUT2D eigenvalue weighted by molar-refractivity contribution is 0.219. The van der Waals surface area contributed by atoms with Gasteiger partial charge in [0, 0.05) is 14.2 Å². The summed E-state index contributed by atoms with van der Waals surface area (Å²) in [5.41, 5.74) is 0.755. The van der Waals surface area contributed by atoms with E-state index in [4.69, 9.17) is 11.6 Å². The predicted octanol–water partition coefficient (Wildman–Crippen LogP) is 4.30. The molecule has 0 heterocycles. The Balaban J connectivity index is 2.47. The highest BCUT2D eigenvalue weighted by Crippen LogP contribution is 2.31. The fourth-order valence-electron chi connectivity index (χ4n) is 1.61. The maximum absolute atomic E-state index is 13.2. The summed E-state index contributed by atoms with van der Waals surface area (Å²) in [5.74, 6) is -0.869.